The number of aryl methyl sites for hydroxylation is 2. The first kappa shape index (κ1) is 22.3. The van der Waals surface area contributed by atoms with Crippen molar-refractivity contribution in [3.8, 4) is 11.3 Å². The van der Waals surface area contributed by atoms with E-state index in [1.54, 1.807) is 0 Å². The van der Waals surface area contributed by atoms with Gasteiger partial charge >= 0.3 is 0 Å². The van der Waals surface area contributed by atoms with Crippen molar-refractivity contribution in [3.63, 3.8) is 0 Å². The minimum absolute atomic E-state index is 0.267. The number of anilines is 1. The van der Waals surface area contributed by atoms with Crippen molar-refractivity contribution in [3.05, 3.63) is 89.5 Å². The Morgan fingerprint density at radius 1 is 1.03 bits per heavy atom. The molecule has 1 radical (unpaired) electrons. The molecule has 2 fully saturated rings. The molecule has 35 heavy (non-hydrogen) atoms. The van der Waals surface area contributed by atoms with E-state index in [0.717, 1.165) is 62.9 Å². The first-order valence-corrected chi connectivity index (χ1v) is 13.1. The molecule has 1 aromatic heterocycles. The monoisotopic (exact) mass is 464 g/mol. The van der Waals surface area contributed by atoms with E-state index in [9.17, 15) is 4.79 Å². The van der Waals surface area contributed by atoms with E-state index in [-0.39, 0.29) is 6.04 Å². The van der Waals surface area contributed by atoms with Gasteiger partial charge in [0.05, 0.1) is 11.7 Å². The molecular weight excluding hydrogens is 430 g/mol. The predicted octanol–water partition coefficient (Wildman–Crippen LogP) is 6.45. The molecule has 1 amide bonds. The summed E-state index contributed by atoms with van der Waals surface area (Å²) in [6.07, 6.45) is 8.35. The Balaban J connectivity index is 1.19. The van der Waals surface area contributed by atoms with E-state index in [2.05, 4.69) is 65.4 Å². The van der Waals surface area contributed by atoms with E-state index in [0.29, 0.717) is 17.7 Å². The number of piperidine rings is 1. The van der Waals surface area contributed by atoms with Gasteiger partial charge in [-0.2, -0.15) is 0 Å². The van der Waals surface area contributed by atoms with E-state index < -0.39 is 0 Å². The molecule has 1 saturated heterocycles. The first-order valence-electron chi connectivity index (χ1n) is 13.1. The molecule has 1 saturated carbocycles. The molecular formula is C31H34N3O. The van der Waals surface area contributed by atoms with Gasteiger partial charge in [-0.1, -0.05) is 36.4 Å². The lowest BCUT2D eigenvalue weighted by atomic mass is 9.88. The van der Waals surface area contributed by atoms with Crippen LogP contribution in [0.15, 0.2) is 54.7 Å². The number of hydrogen-bond acceptors (Lipinski definition) is 3. The second kappa shape index (κ2) is 9.14. The van der Waals surface area contributed by atoms with Crippen LogP contribution in [0.2, 0.25) is 0 Å². The van der Waals surface area contributed by atoms with Crippen LogP contribution < -0.4 is 5.32 Å². The number of hydrogen-bond donors (Lipinski definition) is 1. The summed E-state index contributed by atoms with van der Waals surface area (Å²) in [5.41, 5.74) is 9.84. The summed E-state index contributed by atoms with van der Waals surface area (Å²) >= 11 is 0. The largest absolute Gasteiger partial charge is 0.378 e. The molecule has 3 aromatic rings. The van der Waals surface area contributed by atoms with Gasteiger partial charge in [-0.05, 0) is 98.2 Å². The van der Waals surface area contributed by atoms with Crippen LogP contribution in [0.1, 0.15) is 71.9 Å². The number of nitrogens with zero attached hydrogens (tertiary/aromatic N) is 2. The molecule has 3 aliphatic rings. The smallest absolute Gasteiger partial charge is 0.225 e. The zero-order valence-electron chi connectivity index (χ0n) is 20.6. The number of amides is 1. The first-order chi connectivity index (χ1) is 17.1. The number of pyridine rings is 1. The second-order valence-electron chi connectivity index (χ2n) is 10.6. The van der Waals surface area contributed by atoms with Gasteiger partial charge in [0.25, 0.3) is 0 Å². The zero-order valence-corrected chi connectivity index (χ0v) is 20.6. The van der Waals surface area contributed by atoms with Crippen LogP contribution in [-0.2, 0) is 11.2 Å². The number of nitrogens with one attached hydrogen (secondary N) is 1. The van der Waals surface area contributed by atoms with Crippen molar-refractivity contribution in [2.24, 2.45) is 5.92 Å². The van der Waals surface area contributed by atoms with Gasteiger partial charge in [0.15, 0.2) is 0 Å². The van der Waals surface area contributed by atoms with Crippen molar-refractivity contribution in [1.29, 1.82) is 0 Å². The lowest BCUT2D eigenvalue weighted by Gasteiger charge is -2.32. The van der Waals surface area contributed by atoms with Crippen LogP contribution in [0.25, 0.3) is 11.3 Å². The Hall–Kier alpha value is -3.14. The topological polar surface area (TPSA) is 45.2 Å². The number of carbonyl (C=O) groups excluding carboxylic acids is 1. The molecule has 0 unspecified atom stereocenters. The fraction of sp³-hybridized carbons (Fsp3) is 0.387. The molecule has 1 atom stereocenters. The molecule has 1 aliphatic heterocycles. The van der Waals surface area contributed by atoms with Gasteiger partial charge in [0.2, 0.25) is 5.91 Å². The summed E-state index contributed by atoms with van der Waals surface area (Å²) < 4.78 is 0. The highest BCUT2D eigenvalue weighted by Crippen LogP contribution is 2.41. The Morgan fingerprint density at radius 3 is 2.60 bits per heavy atom. The van der Waals surface area contributed by atoms with Crippen LogP contribution in [0.3, 0.4) is 0 Å². The molecule has 179 valence electrons. The van der Waals surface area contributed by atoms with Crippen LogP contribution in [0.4, 0.5) is 5.69 Å². The average molecular weight is 465 g/mol. The van der Waals surface area contributed by atoms with Crippen LogP contribution >= 0.6 is 0 Å². The molecule has 2 aromatic carbocycles. The van der Waals surface area contributed by atoms with Crippen molar-refractivity contribution in [2.45, 2.75) is 57.4 Å². The lowest BCUT2D eigenvalue weighted by molar-refractivity contribution is -0.133. The Bertz CT molecular complexity index is 1250. The normalized spacial score (nSPS) is 20.1. The van der Waals surface area contributed by atoms with Gasteiger partial charge in [-0.3, -0.25) is 9.78 Å². The SMILES string of the molecule is [CH2]c1cccnc1-c1cccc2c1[C@@H](Nc1ccc(C3CCN(C(=O)C4CC4)CC3)cc1C)CC2. The third kappa shape index (κ3) is 4.35. The Kier molecular flexibility index (Phi) is 5.83. The number of rotatable bonds is 5. The third-order valence-electron chi connectivity index (χ3n) is 8.18. The molecule has 0 bridgehead atoms. The number of aromatic nitrogens is 1. The lowest BCUT2D eigenvalue weighted by Crippen LogP contribution is -2.38. The van der Waals surface area contributed by atoms with E-state index in [4.69, 9.17) is 0 Å². The maximum absolute atomic E-state index is 12.4. The van der Waals surface area contributed by atoms with Crippen molar-refractivity contribution >= 4 is 11.6 Å². The van der Waals surface area contributed by atoms with Crippen molar-refractivity contribution in [2.75, 3.05) is 18.4 Å². The van der Waals surface area contributed by atoms with E-state index in [1.807, 2.05) is 18.3 Å². The van der Waals surface area contributed by atoms with Crippen LogP contribution in [0, 0.1) is 19.8 Å². The Morgan fingerprint density at radius 2 is 1.86 bits per heavy atom. The van der Waals surface area contributed by atoms with Crippen LogP contribution in [0.5, 0.6) is 0 Å². The zero-order chi connectivity index (χ0) is 23.9. The fourth-order valence-corrected chi connectivity index (χ4v) is 6.03. The predicted molar refractivity (Wildman–Crippen MR) is 141 cm³/mol. The third-order valence-corrected chi connectivity index (χ3v) is 8.18. The summed E-state index contributed by atoms with van der Waals surface area (Å²) in [5, 5.41) is 3.87. The molecule has 4 nitrogen and oxygen atoms in total. The molecule has 2 aliphatic carbocycles. The molecule has 4 heteroatoms. The quantitative estimate of drug-likeness (QED) is 0.472. The maximum atomic E-state index is 12.4. The summed E-state index contributed by atoms with van der Waals surface area (Å²) in [6.45, 7) is 8.25. The highest BCUT2D eigenvalue weighted by molar-refractivity contribution is 5.81. The van der Waals surface area contributed by atoms with E-state index >= 15 is 0 Å². The Labute approximate surface area is 208 Å². The van der Waals surface area contributed by atoms with Gasteiger partial charge in [-0.25, -0.2) is 0 Å². The van der Waals surface area contributed by atoms with Crippen LogP contribution in [-0.4, -0.2) is 28.9 Å². The molecule has 6 rings (SSSR count). The van der Waals surface area contributed by atoms with Crippen molar-refractivity contribution in [1.82, 2.24) is 9.88 Å². The van der Waals surface area contributed by atoms with Crippen molar-refractivity contribution < 1.29 is 4.79 Å². The van der Waals surface area contributed by atoms with E-state index in [1.165, 1.54) is 33.5 Å². The summed E-state index contributed by atoms with van der Waals surface area (Å²) in [7, 11) is 0. The second-order valence-corrected chi connectivity index (χ2v) is 10.6. The van der Waals surface area contributed by atoms with Gasteiger partial charge in [0, 0.05) is 36.5 Å². The standard InChI is InChI=1S/C31H34N3O/c1-20-5-4-16-32-30(20)26-7-3-6-23-10-13-28(29(23)26)33-27-12-11-25(19-21(27)2)22-14-17-34(18-15-22)31(35)24-8-9-24/h3-7,11-12,16,19,22,24,28,33H,1,8-10,13-15,17-18H2,2H3/t28-/m0/s1. The molecule has 0 spiro atoms. The summed E-state index contributed by atoms with van der Waals surface area (Å²) in [4.78, 5) is 19.2. The summed E-state index contributed by atoms with van der Waals surface area (Å²) in [5.74, 6) is 1.27. The molecule has 1 N–H and O–H groups in total. The van der Waals surface area contributed by atoms with Gasteiger partial charge < -0.3 is 10.2 Å². The fourth-order valence-electron chi connectivity index (χ4n) is 6.03. The minimum Gasteiger partial charge on any atom is -0.378 e. The molecule has 2 heterocycles. The highest BCUT2D eigenvalue weighted by Gasteiger charge is 2.35. The average Bonchev–Trinajstić information content (AvgIpc) is 3.66. The van der Waals surface area contributed by atoms with Gasteiger partial charge in [0.1, 0.15) is 0 Å². The summed E-state index contributed by atoms with van der Waals surface area (Å²) in [6, 6.07) is 17.8. The number of likely N-dealkylation sites (tertiary alicyclic amines) is 1. The highest BCUT2D eigenvalue weighted by atomic mass is 16.2. The minimum atomic E-state index is 0.267. The number of benzene rings is 2. The maximum Gasteiger partial charge on any atom is 0.225 e. The number of fused-ring (bicyclic) bond motifs is 1. The van der Waals surface area contributed by atoms with Gasteiger partial charge in [-0.15, -0.1) is 0 Å². The number of carbonyl (C=O) groups is 1.